The van der Waals surface area contributed by atoms with Crippen LogP contribution in [0.15, 0.2) is 49.1 Å². The first-order chi connectivity index (χ1) is 13.3. The van der Waals surface area contributed by atoms with E-state index >= 15 is 0 Å². The lowest BCUT2D eigenvalue weighted by Gasteiger charge is -2.32. The molecule has 7 nitrogen and oxygen atoms in total. The molecule has 0 unspecified atom stereocenters. The highest BCUT2D eigenvalue weighted by molar-refractivity contribution is 5.50. The van der Waals surface area contributed by atoms with Crippen LogP contribution in [0.1, 0.15) is 24.2 Å². The van der Waals surface area contributed by atoms with Crippen LogP contribution >= 0.6 is 0 Å². The van der Waals surface area contributed by atoms with Crippen molar-refractivity contribution in [2.75, 3.05) is 18.4 Å². The molecule has 1 aliphatic heterocycles. The van der Waals surface area contributed by atoms with E-state index in [-0.39, 0.29) is 0 Å². The molecule has 1 fully saturated rings. The summed E-state index contributed by atoms with van der Waals surface area (Å²) >= 11 is 0. The van der Waals surface area contributed by atoms with Crippen LogP contribution in [0.5, 0.6) is 0 Å². The number of hydrogen-bond acceptors (Lipinski definition) is 6. The Morgan fingerprint density at radius 1 is 1.11 bits per heavy atom. The van der Waals surface area contributed by atoms with Gasteiger partial charge < -0.3 is 5.32 Å². The number of nitrogens with one attached hydrogen (secondary N) is 1. The van der Waals surface area contributed by atoms with Gasteiger partial charge in [0, 0.05) is 44.3 Å². The molecule has 0 aliphatic carbocycles. The topological polar surface area (TPSA) is 71.8 Å². The number of hydrogen-bond donors (Lipinski definition) is 1. The molecule has 140 valence electrons. The summed E-state index contributed by atoms with van der Waals surface area (Å²) < 4.78 is 1.96. The van der Waals surface area contributed by atoms with Gasteiger partial charge >= 0.3 is 0 Å². The predicted molar refractivity (Wildman–Crippen MR) is 104 cm³/mol. The second kappa shape index (κ2) is 8.26. The van der Waals surface area contributed by atoms with Gasteiger partial charge in [0.1, 0.15) is 18.0 Å². The monoisotopic (exact) mass is 363 g/mol. The maximum absolute atomic E-state index is 4.49. The van der Waals surface area contributed by atoms with Crippen molar-refractivity contribution in [3.8, 4) is 0 Å². The lowest BCUT2D eigenvalue weighted by atomic mass is 9.93. The van der Waals surface area contributed by atoms with Gasteiger partial charge in [0.2, 0.25) is 0 Å². The lowest BCUT2D eigenvalue weighted by Crippen LogP contribution is -2.36. The molecule has 0 saturated carbocycles. The molecule has 1 saturated heterocycles. The van der Waals surface area contributed by atoms with Gasteiger partial charge in [0.15, 0.2) is 0 Å². The fraction of sp³-hybridized carbons (Fsp3) is 0.400. The van der Waals surface area contributed by atoms with Crippen molar-refractivity contribution < 1.29 is 0 Å². The molecule has 4 heterocycles. The Morgan fingerprint density at radius 2 is 2.07 bits per heavy atom. The number of piperidine rings is 1. The molecule has 0 spiro atoms. The van der Waals surface area contributed by atoms with Gasteiger partial charge in [-0.25, -0.2) is 15.0 Å². The van der Waals surface area contributed by atoms with Crippen molar-refractivity contribution in [3.05, 3.63) is 60.4 Å². The lowest BCUT2D eigenvalue weighted by molar-refractivity contribution is 0.163. The van der Waals surface area contributed by atoms with Gasteiger partial charge in [-0.15, -0.1) is 0 Å². The number of likely N-dealkylation sites (tertiary alicyclic amines) is 1. The second-order valence-electron chi connectivity index (χ2n) is 7.13. The number of pyridine rings is 1. The minimum Gasteiger partial charge on any atom is -0.325 e. The third-order valence-corrected chi connectivity index (χ3v) is 5.05. The fourth-order valence-electron chi connectivity index (χ4n) is 3.69. The van der Waals surface area contributed by atoms with Crippen LogP contribution < -0.4 is 5.32 Å². The van der Waals surface area contributed by atoms with E-state index in [1.54, 1.807) is 12.5 Å². The largest absolute Gasteiger partial charge is 0.325 e. The van der Waals surface area contributed by atoms with Crippen LogP contribution in [-0.4, -0.2) is 42.7 Å². The highest BCUT2D eigenvalue weighted by atomic mass is 15.3. The van der Waals surface area contributed by atoms with Crippen molar-refractivity contribution in [2.45, 2.75) is 25.8 Å². The Hall–Kier alpha value is -2.80. The van der Waals surface area contributed by atoms with Gasteiger partial charge in [0.05, 0.1) is 5.69 Å². The zero-order valence-electron chi connectivity index (χ0n) is 15.6. The summed E-state index contributed by atoms with van der Waals surface area (Å²) in [6, 6.07) is 9.92. The third-order valence-electron chi connectivity index (χ3n) is 5.05. The molecule has 1 atom stereocenters. The fourth-order valence-corrected chi connectivity index (χ4v) is 3.69. The molecule has 27 heavy (non-hydrogen) atoms. The maximum Gasteiger partial charge on any atom is 0.135 e. The van der Waals surface area contributed by atoms with Crippen LogP contribution in [0.4, 0.5) is 11.6 Å². The van der Waals surface area contributed by atoms with E-state index in [0.29, 0.717) is 5.92 Å². The highest BCUT2D eigenvalue weighted by Gasteiger charge is 2.21. The summed E-state index contributed by atoms with van der Waals surface area (Å²) in [5.41, 5.74) is 2.34. The van der Waals surface area contributed by atoms with Crippen LogP contribution in [0.2, 0.25) is 0 Å². The number of anilines is 2. The Labute approximate surface area is 159 Å². The van der Waals surface area contributed by atoms with Crippen LogP contribution in [0.25, 0.3) is 0 Å². The number of aromatic nitrogens is 5. The smallest absolute Gasteiger partial charge is 0.135 e. The summed E-state index contributed by atoms with van der Waals surface area (Å²) in [6.45, 7) is 3.21. The molecule has 0 amide bonds. The van der Waals surface area contributed by atoms with E-state index in [2.05, 4.69) is 36.3 Å². The summed E-state index contributed by atoms with van der Waals surface area (Å²) in [4.78, 5) is 15.6. The molecule has 0 bridgehead atoms. The van der Waals surface area contributed by atoms with Crippen molar-refractivity contribution in [3.63, 3.8) is 0 Å². The minimum absolute atomic E-state index is 0.615. The summed E-state index contributed by atoms with van der Waals surface area (Å²) in [5, 5.41) is 7.52. The average molecular weight is 363 g/mol. The first-order valence-electron chi connectivity index (χ1n) is 9.44. The van der Waals surface area contributed by atoms with Gasteiger partial charge in [-0.2, -0.15) is 5.10 Å². The van der Waals surface area contributed by atoms with Crippen LogP contribution in [-0.2, 0) is 20.0 Å². The van der Waals surface area contributed by atoms with E-state index in [9.17, 15) is 0 Å². The summed E-state index contributed by atoms with van der Waals surface area (Å²) in [7, 11) is 2.01. The molecule has 0 aromatic carbocycles. The van der Waals surface area contributed by atoms with E-state index in [4.69, 9.17) is 0 Å². The first-order valence-corrected chi connectivity index (χ1v) is 9.44. The Kier molecular flexibility index (Phi) is 5.39. The normalized spacial score (nSPS) is 17.7. The first kappa shape index (κ1) is 17.6. The third kappa shape index (κ3) is 4.68. The van der Waals surface area contributed by atoms with Gasteiger partial charge in [-0.3, -0.25) is 9.58 Å². The Morgan fingerprint density at radius 3 is 2.89 bits per heavy atom. The SMILES string of the molecule is Cn1nccc1CN1CCC[C@@H](Cc2cc(Nc3ccccn3)ncn2)C1. The van der Waals surface area contributed by atoms with Gasteiger partial charge in [-0.1, -0.05) is 6.07 Å². The van der Waals surface area contributed by atoms with Crippen molar-refractivity contribution >= 4 is 11.6 Å². The highest BCUT2D eigenvalue weighted by Crippen LogP contribution is 2.22. The van der Waals surface area contributed by atoms with E-state index < -0.39 is 0 Å². The number of rotatable bonds is 6. The molecular weight excluding hydrogens is 338 g/mol. The van der Waals surface area contributed by atoms with Gasteiger partial charge in [0.25, 0.3) is 0 Å². The average Bonchev–Trinajstić information content (AvgIpc) is 3.08. The maximum atomic E-state index is 4.49. The van der Waals surface area contributed by atoms with E-state index in [1.165, 1.54) is 18.5 Å². The zero-order valence-corrected chi connectivity index (χ0v) is 15.6. The summed E-state index contributed by atoms with van der Waals surface area (Å²) in [6.07, 6.45) is 8.72. The minimum atomic E-state index is 0.615. The Balaban J connectivity index is 1.37. The molecule has 3 aromatic rings. The molecule has 7 heteroatoms. The standard InChI is InChI=1S/C20H25N7/c1-26-18(7-9-24-26)14-27-10-4-5-16(13-27)11-17-12-20(23-15-22-17)25-19-6-2-3-8-21-19/h2-3,6-9,12,15-16H,4-5,10-11,13-14H2,1H3,(H,21,22,23,25)/t16-/m0/s1. The molecule has 4 rings (SSSR count). The van der Waals surface area contributed by atoms with Crippen molar-refractivity contribution in [1.29, 1.82) is 0 Å². The predicted octanol–water partition coefficient (Wildman–Crippen LogP) is 2.80. The summed E-state index contributed by atoms with van der Waals surface area (Å²) in [5.74, 6) is 2.20. The van der Waals surface area contributed by atoms with Gasteiger partial charge in [-0.05, 0) is 49.9 Å². The second-order valence-corrected chi connectivity index (χ2v) is 7.13. The van der Waals surface area contributed by atoms with E-state index in [1.807, 2.05) is 42.2 Å². The van der Waals surface area contributed by atoms with E-state index in [0.717, 1.165) is 43.4 Å². The molecular formula is C20H25N7. The van der Waals surface area contributed by atoms with Crippen molar-refractivity contribution in [2.24, 2.45) is 13.0 Å². The molecule has 3 aromatic heterocycles. The van der Waals surface area contributed by atoms with Crippen LogP contribution in [0, 0.1) is 5.92 Å². The Bertz CT molecular complexity index is 862. The number of aryl methyl sites for hydroxylation is 1. The molecule has 0 radical (unpaired) electrons. The number of nitrogens with zero attached hydrogens (tertiary/aromatic N) is 6. The molecule has 1 N–H and O–H groups in total. The van der Waals surface area contributed by atoms with Crippen molar-refractivity contribution in [1.82, 2.24) is 29.6 Å². The molecule has 1 aliphatic rings. The zero-order chi connectivity index (χ0) is 18.5. The quantitative estimate of drug-likeness (QED) is 0.726. The van der Waals surface area contributed by atoms with Crippen LogP contribution in [0.3, 0.4) is 0 Å².